The number of hydrogen-bond acceptors (Lipinski definition) is 4. The Bertz CT molecular complexity index is 535. The van der Waals surface area contributed by atoms with Gasteiger partial charge in [-0.15, -0.1) is 0 Å². The van der Waals surface area contributed by atoms with E-state index in [1.807, 2.05) is 31.2 Å². The molecule has 0 saturated carbocycles. The first kappa shape index (κ1) is 16.7. The molecule has 0 N–H and O–H groups in total. The van der Waals surface area contributed by atoms with Crippen LogP contribution >= 0.6 is 0 Å². The number of benzene rings is 1. The maximum absolute atomic E-state index is 11.6. The Kier molecular flexibility index (Phi) is 6.71. The van der Waals surface area contributed by atoms with Gasteiger partial charge in [-0.2, -0.15) is 0 Å². The lowest BCUT2D eigenvalue weighted by atomic mass is 10.2. The molecule has 0 spiro atoms. The van der Waals surface area contributed by atoms with Gasteiger partial charge < -0.3 is 4.74 Å². The van der Waals surface area contributed by atoms with E-state index in [4.69, 9.17) is 4.74 Å². The Balaban J connectivity index is 2.21. The lowest BCUT2D eigenvalue weighted by Gasteiger charge is -2.06. The van der Waals surface area contributed by atoms with E-state index < -0.39 is 9.84 Å². The van der Waals surface area contributed by atoms with Gasteiger partial charge in [-0.1, -0.05) is 19.1 Å². The molecule has 1 rings (SSSR count). The van der Waals surface area contributed by atoms with E-state index >= 15 is 0 Å². The van der Waals surface area contributed by atoms with Crippen molar-refractivity contribution in [1.29, 1.82) is 0 Å². The third-order valence-electron chi connectivity index (χ3n) is 2.99. The zero-order valence-corrected chi connectivity index (χ0v) is 12.9. The first-order valence-corrected chi connectivity index (χ1v) is 8.66. The molecule has 1 aromatic rings. The van der Waals surface area contributed by atoms with Crippen molar-refractivity contribution in [1.82, 2.24) is 0 Å². The summed E-state index contributed by atoms with van der Waals surface area (Å²) in [6, 6.07) is 7.65. The van der Waals surface area contributed by atoms with Crippen molar-refractivity contribution in [3.8, 4) is 5.75 Å². The van der Waals surface area contributed by atoms with E-state index in [0.717, 1.165) is 11.3 Å². The molecule has 1 aromatic carbocycles. The van der Waals surface area contributed by atoms with E-state index in [-0.39, 0.29) is 17.3 Å². The molecule has 20 heavy (non-hydrogen) atoms. The number of rotatable bonds is 9. The molecule has 0 aromatic heterocycles. The molecular weight excluding hydrogens is 276 g/mol. The molecule has 4 nitrogen and oxygen atoms in total. The quantitative estimate of drug-likeness (QED) is 0.703. The zero-order valence-electron chi connectivity index (χ0n) is 12.1. The summed E-state index contributed by atoms with van der Waals surface area (Å²) in [6.07, 6.45) is 1.02. The van der Waals surface area contributed by atoms with Crippen LogP contribution < -0.4 is 4.74 Å². The minimum Gasteiger partial charge on any atom is -0.493 e. The van der Waals surface area contributed by atoms with Gasteiger partial charge in [0.15, 0.2) is 0 Å². The van der Waals surface area contributed by atoms with Crippen LogP contribution in [0.15, 0.2) is 24.3 Å². The molecule has 0 bridgehead atoms. The van der Waals surface area contributed by atoms with Crippen molar-refractivity contribution < 1.29 is 17.9 Å². The van der Waals surface area contributed by atoms with Gasteiger partial charge >= 0.3 is 0 Å². The fraction of sp³-hybridized carbons (Fsp3) is 0.533. The summed E-state index contributed by atoms with van der Waals surface area (Å²) in [5.41, 5.74) is 1.11. The molecule has 0 aliphatic heterocycles. The highest BCUT2D eigenvalue weighted by Gasteiger charge is 2.09. The molecule has 0 radical (unpaired) electrons. The second kappa shape index (κ2) is 8.04. The minimum atomic E-state index is -2.97. The van der Waals surface area contributed by atoms with Crippen LogP contribution in [0.25, 0.3) is 0 Å². The second-order valence-corrected chi connectivity index (χ2v) is 7.27. The average molecular weight is 298 g/mol. The highest BCUT2D eigenvalue weighted by atomic mass is 32.2. The summed E-state index contributed by atoms with van der Waals surface area (Å²) >= 11 is 0. The van der Waals surface area contributed by atoms with E-state index in [1.54, 1.807) is 6.92 Å². The minimum absolute atomic E-state index is 0.0453. The van der Waals surface area contributed by atoms with Gasteiger partial charge in [0.2, 0.25) is 0 Å². The average Bonchev–Trinajstić information content (AvgIpc) is 2.38. The van der Waals surface area contributed by atoms with Crippen LogP contribution in [-0.2, 0) is 14.6 Å². The fourth-order valence-electron chi connectivity index (χ4n) is 1.75. The monoisotopic (exact) mass is 298 g/mol. The summed E-state index contributed by atoms with van der Waals surface area (Å²) in [5, 5.41) is 0. The van der Waals surface area contributed by atoms with Crippen LogP contribution in [0.2, 0.25) is 0 Å². The van der Waals surface area contributed by atoms with Crippen LogP contribution in [0.4, 0.5) is 0 Å². The van der Waals surface area contributed by atoms with Crippen LogP contribution in [0.3, 0.4) is 0 Å². The van der Waals surface area contributed by atoms with Crippen molar-refractivity contribution in [3.05, 3.63) is 29.8 Å². The van der Waals surface area contributed by atoms with E-state index in [2.05, 4.69) is 0 Å². The molecule has 0 aliphatic carbocycles. The van der Waals surface area contributed by atoms with E-state index in [9.17, 15) is 13.2 Å². The van der Waals surface area contributed by atoms with Crippen molar-refractivity contribution in [3.63, 3.8) is 0 Å². The summed E-state index contributed by atoms with van der Waals surface area (Å²) in [7, 11) is -2.97. The molecule has 5 heteroatoms. The van der Waals surface area contributed by atoms with Gasteiger partial charge in [-0.05, 0) is 31.0 Å². The highest BCUT2D eigenvalue weighted by molar-refractivity contribution is 7.91. The Hall–Kier alpha value is -1.36. The first-order valence-electron chi connectivity index (χ1n) is 6.84. The Morgan fingerprint density at radius 3 is 2.65 bits per heavy atom. The summed E-state index contributed by atoms with van der Waals surface area (Å²) in [6.45, 7) is 3.93. The number of hydrogen-bond donors (Lipinski definition) is 0. The predicted molar refractivity (Wildman–Crippen MR) is 79.9 cm³/mol. The molecular formula is C15H22O4S. The van der Waals surface area contributed by atoms with Crippen molar-refractivity contribution in [2.24, 2.45) is 0 Å². The fourth-order valence-corrected chi connectivity index (χ4v) is 2.62. The van der Waals surface area contributed by atoms with Gasteiger partial charge in [-0.3, -0.25) is 4.79 Å². The van der Waals surface area contributed by atoms with E-state index in [1.165, 1.54) is 0 Å². The third kappa shape index (κ3) is 6.70. The zero-order chi connectivity index (χ0) is 15.0. The summed E-state index contributed by atoms with van der Waals surface area (Å²) in [5.74, 6) is 1.03. The number of carbonyl (C=O) groups excluding carboxylic acids is 1. The van der Waals surface area contributed by atoms with Crippen LogP contribution in [0.1, 0.15) is 31.7 Å². The van der Waals surface area contributed by atoms with Gasteiger partial charge in [-0.25, -0.2) is 8.42 Å². The third-order valence-corrected chi connectivity index (χ3v) is 4.78. The molecule has 0 saturated heterocycles. The Labute approximate surface area is 121 Å². The summed E-state index contributed by atoms with van der Waals surface area (Å²) in [4.78, 5) is 11.6. The maximum atomic E-state index is 11.6. The van der Waals surface area contributed by atoms with Crippen LogP contribution in [0.5, 0.6) is 5.75 Å². The number of aryl methyl sites for hydroxylation is 1. The normalized spacial score (nSPS) is 11.3. The lowest BCUT2D eigenvalue weighted by molar-refractivity contribution is -0.119. The van der Waals surface area contributed by atoms with Crippen LogP contribution in [0, 0.1) is 6.92 Å². The Morgan fingerprint density at radius 2 is 2.00 bits per heavy atom. The lowest BCUT2D eigenvalue weighted by Crippen LogP contribution is -2.11. The van der Waals surface area contributed by atoms with Gasteiger partial charge in [0.1, 0.15) is 21.4 Å². The van der Waals surface area contributed by atoms with Crippen molar-refractivity contribution in [2.75, 3.05) is 18.1 Å². The number of ketones is 1. The van der Waals surface area contributed by atoms with Gasteiger partial charge in [0.25, 0.3) is 0 Å². The smallest absolute Gasteiger partial charge is 0.150 e. The molecule has 0 amide bonds. The molecule has 0 fully saturated rings. The first-order chi connectivity index (χ1) is 9.43. The highest BCUT2D eigenvalue weighted by Crippen LogP contribution is 2.12. The molecule has 0 atom stereocenters. The molecule has 112 valence electrons. The van der Waals surface area contributed by atoms with Gasteiger partial charge in [0.05, 0.1) is 12.4 Å². The predicted octanol–water partition coefficient (Wildman–Crippen LogP) is 2.55. The summed E-state index contributed by atoms with van der Waals surface area (Å²) < 4.78 is 28.0. The van der Waals surface area contributed by atoms with Crippen molar-refractivity contribution >= 4 is 15.6 Å². The number of carbonyl (C=O) groups is 1. The van der Waals surface area contributed by atoms with Crippen molar-refractivity contribution in [2.45, 2.75) is 33.1 Å². The van der Waals surface area contributed by atoms with Crippen LogP contribution in [-0.4, -0.2) is 32.3 Å². The van der Waals surface area contributed by atoms with Gasteiger partial charge in [0, 0.05) is 18.6 Å². The molecule has 0 aliphatic rings. The SMILES string of the molecule is CCS(=O)(=O)CCCC(=O)CCOc1cccc(C)c1. The molecule has 0 heterocycles. The Morgan fingerprint density at radius 1 is 1.25 bits per heavy atom. The van der Waals surface area contributed by atoms with E-state index in [0.29, 0.717) is 25.9 Å². The second-order valence-electron chi connectivity index (χ2n) is 4.79. The topological polar surface area (TPSA) is 60.4 Å². The standard InChI is InChI=1S/C15H22O4S/c1-3-20(17,18)11-5-7-14(16)9-10-19-15-8-4-6-13(2)12-15/h4,6,8,12H,3,5,7,9-11H2,1-2H3. The maximum Gasteiger partial charge on any atom is 0.150 e. The number of Topliss-reactive ketones (excluding diaryl/α,β-unsaturated/α-hetero) is 1. The largest absolute Gasteiger partial charge is 0.493 e. The number of sulfone groups is 1. The molecule has 0 unspecified atom stereocenters. The number of ether oxygens (including phenoxy) is 1.